The molecule has 0 radical (unpaired) electrons. The second-order valence-electron chi connectivity index (χ2n) is 4.01. The van der Waals surface area contributed by atoms with E-state index in [0.717, 1.165) is 25.3 Å². The van der Waals surface area contributed by atoms with Crippen LogP contribution in [0.5, 0.6) is 0 Å². The quantitative estimate of drug-likeness (QED) is 0.368. The molecule has 0 aromatic rings. The first kappa shape index (κ1) is 15.0. The van der Waals surface area contributed by atoms with E-state index in [4.69, 9.17) is 24.7 Å². The van der Waals surface area contributed by atoms with Crippen LogP contribution in [-0.2, 0) is 13.3 Å². The van der Waals surface area contributed by atoms with Crippen molar-refractivity contribution in [3.8, 4) is 0 Å². The molecule has 0 heterocycles. The second-order valence-corrected chi connectivity index (χ2v) is 7.10. The zero-order chi connectivity index (χ0) is 11.9. The molecule has 0 aliphatic carbocycles. The molecule has 0 unspecified atom stereocenters. The maximum absolute atomic E-state index is 5.68. The van der Waals surface area contributed by atoms with Crippen molar-refractivity contribution in [3.63, 3.8) is 0 Å². The third-order valence-corrected chi connectivity index (χ3v) is 5.21. The van der Waals surface area contributed by atoms with Gasteiger partial charge in [-0.1, -0.05) is 6.42 Å². The molecule has 0 aromatic carbocycles. The third kappa shape index (κ3) is 6.24. The molecule has 6 heteroatoms. The van der Waals surface area contributed by atoms with Crippen molar-refractivity contribution in [2.24, 2.45) is 11.5 Å². The van der Waals surface area contributed by atoms with Crippen LogP contribution < -0.4 is 11.5 Å². The van der Waals surface area contributed by atoms with Gasteiger partial charge in [0.2, 0.25) is 0 Å². The van der Waals surface area contributed by atoms with Gasteiger partial charge in [-0.2, -0.15) is 0 Å². The molecule has 0 aliphatic rings. The fourth-order valence-electron chi connectivity index (χ4n) is 1.40. The van der Waals surface area contributed by atoms with Crippen molar-refractivity contribution in [1.82, 2.24) is 0 Å². The molecule has 15 heavy (non-hydrogen) atoms. The van der Waals surface area contributed by atoms with Gasteiger partial charge in [0.1, 0.15) is 0 Å². The fraction of sp³-hybridized carbons (Fsp3) is 1.00. The first-order chi connectivity index (χ1) is 6.89. The Morgan fingerprint density at radius 3 is 1.80 bits per heavy atom. The summed E-state index contributed by atoms with van der Waals surface area (Å²) in [6.07, 6.45) is 2.69. The summed E-state index contributed by atoms with van der Waals surface area (Å²) in [6, 6.07) is 0.798. The molecule has 0 saturated carbocycles. The molecule has 5 nitrogen and oxygen atoms in total. The highest BCUT2D eigenvalue weighted by molar-refractivity contribution is 6.60. The van der Waals surface area contributed by atoms with Gasteiger partial charge in [-0.25, -0.2) is 0 Å². The van der Waals surface area contributed by atoms with Crippen LogP contribution in [0.3, 0.4) is 0 Å². The Kier molecular flexibility index (Phi) is 6.57. The lowest BCUT2D eigenvalue weighted by atomic mass is 10.1. The van der Waals surface area contributed by atoms with Gasteiger partial charge in [-0.15, -0.1) is 0 Å². The molecule has 0 bridgehead atoms. The summed E-state index contributed by atoms with van der Waals surface area (Å²) >= 11 is 0. The molecule has 0 spiro atoms. The molecule has 0 saturated heterocycles. The highest BCUT2D eigenvalue weighted by Gasteiger charge is 2.36. The monoisotopic (exact) mass is 236 g/mol. The van der Waals surface area contributed by atoms with E-state index in [-0.39, 0.29) is 0 Å². The minimum atomic E-state index is -2.40. The molecule has 0 rings (SSSR count). The van der Waals surface area contributed by atoms with E-state index in [9.17, 15) is 0 Å². The van der Waals surface area contributed by atoms with Gasteiger partial charge in [-0.05, 0) is 19.8 Å². The van der Waals surface area contributed by atoms with Crippen LogP contribution in [0.15, 0.2) is 0 Å². The number of unbranched alkanes of at least 4 members (excludes halogenated alkanes) is 1. The van der Waals surface area contributed by atoms with Crippen LogP contribution in [0, 0.1) is 0 Å². The minimum Gasteiger partial charge on any atom is -0.377 e. The van der Waals surface area contributed by atoms with E-state index in [1.807, 2.05) is 6.92 Å². The van der Waals surface area contributed by atoms with Gasteiger partial charge in [0.05, 0.1) is 5.66 Å². The Balaban J connectivity index is 3.82. The van der Waals surface area contributed by atoms with E-state index in [1.54, 1.807) is 21.3 Å². The summed E-state index contributed by atoms with van der Waals surface area (Å²) in [5.41, 5.74) is 10.8. The molecule has 0 aromatic heterocycles. The summed E-state index contributed by atoms with van der Waals surface area (Å²) in [5.74, 6) is 0. The SMILES string of the molecule is CO[Si](CCCCC(C)(N)N)(OC)OC. The highest BCUT2D eigenvalue weighted by Crippen LogP contribution is 2.18. The fourth-order valence-corrected chi connectivity index (χ4v) is 3.20. The lowest BCUT2D eigenvalue weighted by Gasteiger charge is -2.25. The molecule has 0 aliphatic heterocycles. The Morgan fingerprint density at radius 2 is 1.47 bits per heavy atom. The Labute approximate surface area is 93.4 Å². The molecule has 4 N–H and O–H groups in total. The predicted molar refractivity (Wildman–Crippen MR) is 62.2 cm³/mol. The molecular formula is C9H24N2O3Si. The van der Waals surface area contributed by atoms with Gasteiger partial charge >= 0.3 is 8.80 Å². The van der Waals surface area contributed by atoms with Crippen LogP contribution >= 0.6 is 0 Å². The average molecular weight is 236 g/mol. The maximum Gasteiger partial charge on any atom is 0.500 e. The number of hydrogen-bond acceptors (Lipinski definition) is 5. The second kappa shape index (κ2) is 6.57. The smallest absolute Gasteiger partial charge is 0.377 e. The largest absolute Gasteiger partial charge is 0.500 e. The topological polar surface area (TPSA) is 79.7 Å². The van der Waals surface area contributed by atoms with Crippen molar-refractivity contribution in [1.29, 1.82) is 0 Å². The van der Waals surface area contributed by atoms with Crippen molar-refractivity contribution >= 4 is 8.80 Å². The van der Waals surface area contributed by atoms with E-state index >= 15 is 0 Å². The number of rotatable bonds is 8. The first-order valence-corrected chi connectivity index (χ1v) is 7.05. The molecule has 0 fully saturated rings. The molecule has 92 valence electrons. The van der Waals surface area contributed by atoms with Crippen LogP contribution in [0.1, 0.15) is 26.2 Å². The summed E-state index contributed by atoms with van der Waals surface area (Å²) in [4.78, 5) is 0. The zero-order valence-electron chi connectivity index (χ0n) is 10.2. The van der Waals surface area contributed by atoms with Crippen LogP contribution in [0.25, 0.3) is 0 Å². The van der Waals surface area contributed by atoms with E-state index < -0.39 is 14.5 Å². The van der Waals surface area contributed by atoms with Crippen LogP contribution in [-0.4, -0.2) is 35.8 Å². The Morgan fingerprint density at radius 1 is 1.00 bits per heavy atom. The number of nitrogens with two attached hydrogens (primary N) is 2. The normalized spacial score (nSPS) is 13.2. The van der Waals surface area contributed by atoms with E-state index in [1.165, 1.54) is 0 Å². The van der Waals surface area contributed by atoms with Crippen molar-refractivity contribution in [3.05, 3.63) is 0 Å². The van der Waals surface area contributed by atoms with Crippen LogP contribution in [0.4, 0.5) is 0 Å². The number of hydrogen-bond donors (Lipinski definition) is 2. The predicted octanol–water partition coefficient (Wildman–Crippen LogP) is 0.668. The van der Waals surface area contributed by atoms with Crippen LogP contribution in [0.2, 0.25) is 6.04 Å². The van der Waals surface area contributed by atoms with Gasteiger partial charge in [0.25, 0.3) is 0 Å². The molecule has 0 amide bonds. The minimum absolute atomic E-state index is 0.586. The Bertz CT molecular complexity index is 161. The lowest BCUT2D eigenvalue weighted by molar-refractivity contribution is 0.122. The average Bonchev–Trinajstić information content (AvgIpc) is 2.18. The highest BCUT2D eigenvalue weighted by atomic mass is 28.4. The molecular weight excluding hydrogens is 212 g/mol. The standard InChI is InChI=1S/C9H24N2O3Si/c1-9(10,11)7-5-6-8-15(12-2,13-3)14-4/h5-8,10-11H2,1-4H3. The van der Waals surface area contributed by atoms with Crippen molar-refractivity contribution < 1.29 is 13.3 Å². The van der Waals surface area contributed by atoms with Gasteiger partial charge in [0, 0.05) is 27.4 Å². The van der Waals surface area contributed by atoms with Gasteiger partial charge in [0.15, 0.2) is 0 Å². The van der Waals surface area contributed by atoms with Crippen molar-refractivity contribution in [2.45, 2.75) is 37.9 Å². The lowest BCUT2D eigenvalue weighted by Crippen LogP contribution is -2.46. The van der Waals surface area contributed by atoms with E-state index in [0.29, 0.717) is 0 Å². The summed E-state index contributed by atoms with van der Waals surface area (Å²) in [5, 5.41) is 0. The van der Waals surface area contributed by atoms with E-state index in [2.05, 4.69) is 0 Å². The Hall–Kier alpha value is 0.0169. The summed E-state index contributed by atoms with van der Waals surface area (Å²) < 4.78 is 15.9. The maximum atomic E-state index is 5.68. The summed E-state index contributed by atoms with van der Waals surface area (Å²) in [7, 11) is 2.47. The first-order valence-electron chi connectivity index (χ1n) is 5.12. The molecule has 0 atom stereocenters. The third-order valence-electron chi connectivity index (χ3n) is 2.38. The van der Waals surface area contributed by atoms with Crippen molar-refractivity contribution in [2.75, 3.05) is 21.3 Å². The summed E-state index contributed by atoms with van der Waals surface area (Å²) in [6.45, 7) is 1.82. The van der Waals surface area contributed by atoms with Gasteiger partial charge < -0.3 is 24.7 Å². The van der Waals surface area contributed by atoms with Gasteiger partial charge in [-0.3, -0.25) is 0 Å². The zero-order valence-corrected chi connectivity index (χ0v) is 11.2.